The topological polar surface area (TPSA) is 35.2 Å². The Bertz CT molecular complexity index is 566. The van der Waals surface area contributed by atoms with E-state index in [-0.39, 0.29) is 6.04 Å². The molecule has 1 atom stereocenters. The summed E-state index contributed by atoms with van der Waals surface area (Å²) in [6, 6.07) is 13.9. The molecule has 0 bridgehead atoms. The first-order valence-electron chi connectivity index (χ1n) is 6.83. The second-order valence-corrected chi connectivity index (χ2v) is 5.33. The molecule has 2 rings (SSSR count). The Morgan fingerprint density at radius 1 is 1.15 bits per heavy atom. The summed E-state index contributed by atoms with van der Waals surface area (Å²) in [5, 5.41) is 0.747. The van der Waals surface area contributed by atoms with Gasteiger partial charge in [0.05, 0.1) is 6.04 Å². The highest BCUT2D eigenvalue weighted by atomic mass is 35.5. The maximum absolute atomic E-state index is 6.15. The number of halogens is 1. The summed E-state index contributed by atoms with van der Waals surface area (Å²) in [7, 11) is 0. The van der Waals surface area contributed by atoms with Crippen molar-refractivity contribution in [2.75, 3.05) is 6.61 Å². The number of aryl methyl sites for hydroxylation is 2. The molecule has 0 amide bonds. The van der Waals surface area contributed by atoms with Gasteiger partial charge in [0.2, 0.25) is 0 Å². The van der Waals surface area contributed by atoms with Crippen LogP contribution >= 0.6 is 11.6 Å². The maximum Gasteiger partial charge on any atom is 0.119 e. The molecular weight excluding hydrogens is 270 g/mol. The van der Waals surface area contributed by atoms with Crippen molar-refractivity contribution in [3.8, 4) is 5.75 Å². The zero-order valence-corrected chi connectivity index (χ0v) is 12.7. The van der Waals surface area contributed by atoms with Gasteiger partial charge in [0.15, 0.2) is 0 Å². The lowest BCUT2D eigenvalue weighted by molar-refractivity contribution is 0.290. The Labute approximate surface area is 125 Å². The van der Waals surface area contributed by atoms with E-state index < -0.39 is 0 Å². The molecule has 0 spiro atoms. The molecule has 0 radical (unpaired) electrons. The third-order valence-corrected chi connectivity index (χ3v) is 3.80. The molecule has 0 fully saturated rings. The molecule has 0 saturated heterocycles. The summed E-state index contributed by atoms with van der Waals surface area (Å²) in [5.74, 6) is 0.799. The van der Waals surface area contributed by atoms with Gasteiger partial charge in [0.1, 0.15) is 12.4 Å². The van der Waals surface area contributed by atoms with Crippen molar-refractivity contribution in [2.45, 2.75) is 26.3 Å². The van der Waals surface area contributed by atoms with Gasteiger partial charge in [0.25, 0.3) is 0 Å². The van der Waals surface area contributed by atoms with Crippen LogP contribution in [0.1, 0.15) is 29.7 Å². The van der Waals surface area contributed by atoms with Gasteiger partial charge in [-0.15, -0.1) is 0 Å². The molecule has 0 aromatic heterocycles. The Kier molecular flexibility index (Phi) is 5.05. The van der Waals surface area contributed by atoms with Gasteiger partial charge >= 0.3 is 0 Å². The molecule has 2 aromatic rings. The van der Waals surface area contributed by atoms with Gasteiger partial charge in [0, 0.05) is 5.02 Å². The molecular formula is C17H20ClNO. The van der Waals surface area contributed by atoms with Crippen molar-refractivity contribution < 1.29 is 4.74 Å². The standard InChI is InChI=1S/C17H20ClNO/c1-3-13-4-6-14(7-5-13)17(19)11-20-15-8-9-16(18)12(2)10-15/h4-10,17H,3,11,19H2,1-2H3. The Balaban J connectivity index is 1.96. The lowest BCUT2D eigenvalue weighted by atomic mass is 10.1. The number of ether oxygens (including phenoxy) is 1. The first kappa shape index (κ1) is 14.9. The minimum Gasteiger partial charge on any atom is -0.492 e. The third-order valence-electron chi connectivity index (χ3n) is 3.38. The van der Waals surface area contributed by atoms with E-state index in [1.807, 2.05) is 25.1 Å². The van der Waals surface area contributed by atoms with Crippen LogP contribution in [0.2, 0.25) is 5.02 Å². The maximum atomic E-state index is 6.15. The lowest BCUT2D eigenvalue weighted by Crippen LogP contribution is -2.19. The summed E-state index contributed by atoms with van der Waals surface area (Å²) in [5.41, 5.74) is 9.56. The fraction of sp³-hybridized carbons (Fsp3) is 0.294. The fourth-order valence-electron chi connectivity index (χ4n) is 1.99. The van der Waals surface area contributed by atoms with Gasteiger partial charge in [-0.2, -0.15) is 0 Å². The van der Waals surface area contributed by atoms with Crippen molar-refractivity contribution in [3.63, 3.8) is 0 Å². The number of nitrogens with two attached hydrogens (primary N) is 1. The van der Waals surface area contributed by atoms with E-state index in [1.54, 1.807) is 0 Å². The van der Waals surface area contributed by atoms with E-state index in [1.165, 1.54) is 5.56 Å². The minimum atomic E-state index is -0.128. The largest absolute Gasteiger partial charge is 0.492 e. The van der Waals surface area contributed by atoms with Crippen LogP contribution in [0, 0.1) is 6.92 Å². The average Bonchev–Trinajstić information content (AvgIpc) is 2.48. The Hall–Kier alpha value is -1.51. The van der Waals surface area contributed by atoms with Crippen molar-refractivity contribution in [2.24, 2.45) is 5.73 Å². The van der Waals surface area contributed by atoms with Crippen LogP contribution in [0.25, 0.3) is 0 Å². The van der Waals surface area contributed by atoms with Crippen LogP contribution in [0.4, 0.5) is 0 Å². The van der Waals surface area contributed by atoms with Gasteiger partial charge in [-0.05, 0) is 48.2 Å². The first-order chi connectivity index (χ1) is 9.60. The van der Waals surface area contributed by atoms with Crippen LogP contribution in [-0.4, -0.2) is 6.61 Å². The molecule has 0 heterocycles. The molecule has 106 valence electrons. The molecule has 0 saturated carbocycles. The van der Waals surface area contributed by atoms with Gasteiger partial charge in [-0.3, -0.25) is 0 Å². The zero-order chi connectivity index (χ0) is 14.5. The molecule has 0 aliphatic heterocycles. The smallest absolute Gasteiger partial charge is 0.119 e. The Morgan fingerprint density at radius 3 is 2.45 bits per heavy atom. The lowest BCUT2D eigenvalue weighted by Gasteiger charge is -2.14. The summed E-state index contributed by atoms with van der Waals surface area (Å²) in [6.07, 6.45) is 1.04. The molecule has 2 aromatic carbocycles. The number of benzene rings is 2. The molecule has 0 aliphatic carbocycles. The monoisotopic (exact) mass is 289 g/mol. The van der Waals surface area contributed by atoms with Crippen LogP contribution in [-0.2, 0) is 6.42 Å². The number of hydrogen-bond acceptors (Lipinski definition) is 2. The quantitative estimate of drug-likeness (QED) is 0.891. The summed E-state index contributed by atoms with van der Waals surface area (Å²) in [6.45, 7) is 4.55. The fourth-order valence-corrected chi connectivity index (χ4v) is 2.11. The highest BCUT2D eigenvalue weighted by molar-refractivity contribution is 6.31. The normalized spacial score (nSPS) is 12.2. The minimum absolute atomic E-state index is 0.128. The third kappa shape index (κ3) is 3.75. The average molecular weight is 290 g/mol. The van der Waals surface area contributed by atoms with Gasteiger partial charge in [-0.1, -0.05) is 42.8 Å². The van der Waals surface area contributed by atoms with E-state index in [9.17, 15) is 0 Å². The van der Waals surface area contributed by atoms with E-state index in [4.69, 9.17) is 22.1 Å². The number of rotatable bonds is 5. The number of hydrogen-bond donors (Lipinski definition) is 1. The highest BCUT2D eigenvalue weighted by Crippen LogP contribution is 2.22. The first-order valence-corrected chi connectivity index (χ1v) is 7.21. The molecule has 2 nitrogen and oxygen atoms in total. The zero-order valence-electron chi connectivity index (χ0n) is 11.9. The second-order valence-electron chi connectivity index (χ2n) is 4.92. The van der Waals surface area contributed by atoms with Gasteiger partial charge < -0.3 is 10.5 Å². The molecule has 20 heavy (non-hydrogen) atoms. The van der Waals surface area contributed by atoms with Crippen LogP contribution < -0.4 is 10.5 Å². The van der Waals surface area contributed by atoms with Crippen LogP contribution in [0.3, 0.4) is 0 Å². The van der Waals surface area contributed by atoms with E-state index >= 15 is 0 Å². The molecule has 1 unspecified atom stereocenters. The molecule has 2 N–H and O–H groups in total. The summed E-state index contributed by atoms with van der Waals surface area (Å²) in [4.78, 5) is 0. The van der Waals surface area contributed by atoms with Crippen molar-refractivity contribution in [3.05, 3.63) is 64.2 Å². The predicted molar refractivity (Wildman–Crippen MR) is 84.4 cm³/mol. The van der Waals surface area contributed by atoms with E-state index in [2.05, 4.69) is 31.2 Å². The SMILES string of the molecule is CCc1ccc(C(N)COc2ccc(Cl)c(C)c2)cc1. The van der Waals surface area contributed by atoms with Crippen LogP contribution in [0.15, 0.2) is 42.5 Å². The molecule has 3 heteroatoms. The molecule has 0 aliphatic rings. The predicted octanol–water partition coefficient (Wildman–Crippen LogP) is 4.29. The highest BCUT2D eigenvalue weighted by Gasteiger charge is 2.07. The Morgan fingerprint density at radius 2 is 1.85 bits per heavy atom. The van der Waals surface area contributed by atoms with Crippen molar-refractivity contribution in [1.29, 1.82) is 0 Å². The van der Waals surface area contributed by atoms with Crippen molar-refractivity contribution >= 4 is 11.6 Å². The van der Waals surface area contributed by atoms with Crippen molar-refractivity contribution in [1.82, 2.24) is 0 Å². The van der Waals surface area contributed by atoms with E-state index in [0.29, 0.717) is 6.61 Å². The van der Waals surface area contributed by atoms with Crippen LogP contribution in [0.5, 0.6) is 5.75 Å². The summed E-state index contributed by atoms with van der Waals surface area (Å²) >= 11 is 5.99. The second kappa shape index (κ2) is 6.78. The summed E-state index contributed by atoms with van der Waals surface area (Å²) < 4.78 is 5.73. The van der Waals surface area contributed by atoms with Gasteiger partial charge in [-0.25, -0.2) is 0 Å². The van der Waals surface area contributed by atoms with E-state index in [0.717, 1.165) is 28.3 Å².